The van der Waals surface area contributed by atoms with E-state index in [1.165, 1.54) is 0 Å². The van der Waals surface area contributed by atoms with Crippen LogP contribution >= 0.6 is 0 Å². The van der Waals surface area contributed by atoms with Crippen LogP contribution in [0.15, 0.2) is 29.2 Å². The van der Waals surface area contributed by atoms with Crippen molar-refractivity contribution in [1.82, 2.24) is 0 Å². The van der Waals surface area contributed by atoms with Gasteiger partial charge in [-0.1, -0.05) is 6.92 Å². The molecular weight excluding hydrogens is 250 g/mol. The summed E-state index contributed by atoms with van der Waals surface area (Å²) in [6.45, 7) is 4.47. The normalized spacial score (nSPS) is 13.3. The second kappa shape index (κ2) is 6.75. The molecule has 0 amide bonds. The van der Waals surface area contributed by atoms with E-state index in [0.717, 1.165) is 5.69 Å². The fourth-order valence-corrected chi connectivity index (χ4v) is 3.05. The molecule has 1 unspecified atom stereocenters. The molecule has 0 aromatic heterocycles. The molecule has 18 heavy (non-hydrogen) atoms. The third-order valence-corrected chi connectivity index (χ3v) is 4.45. The standard InChI is InChI=1S/C13H21NO3S/c1-4-9-18(15,16)13-7-5-12(6-8-13)14-11(2)10-17-3/h5-8,11,14H,4,9-10H2,1-3H3. The van der Waals surface area contributed by atoms with E-state index >= 15 is 0 Å². The van der Waals surface area contributed by atoms with Crippen molar-refractivity contribution >= 4 is 15.5 Å². The number of rotatable bonds is 7. The first-order chi connectivity index (χ1) is 8.49. The van der Waals surface area contributed by atoms with E-state index < -0.39 is 9.84 Å². The molecule has 1 N–H and O–H groups in total. The highest BCUT2D eigenvalue weighted by Crippen LogP contribution is 2.16. The maximum Gasteiger partial charge on any atom is 0.178 e. The van der Waals surface area contributed by atoms with Crippen molar-refractivity contribution in [1.29, 1.82) is 0 Å². The Morgan fingerprint density at radius 1 is 1.28 bits per heavy atom. The van der Waals surface area contributed by atoms with Crippen LogP contribution < -0.4 is 5.32 Å². The van der Waals surface area contributed by atoms with Crippen molar-refractivity contribution in [2.45, 2.75) is 31.2 Å². The Labute approximate surface area is 109 Å². The third-order valence-electron chi connectivity index (χ3n) is 2.52. The number of nitrogens with one attached hydrogen (secondary N) is 1. The minimum Gasteiger partial charge on any atom is -0.383 e. The molecule has 5 heteroatoms. The summed E-state index contributed by atoms with van der Waals surface area (Å²) in [7, 11) is -1.47. The third kappa shape index (κ3) is 4.31. The molecule has 1 aromatic carbocycles. The average Bonchev–Trinajstić information content (AvgIpc) is 2.30. The van der Waals surface area contributed by atoms with Crippen molar-refractivity contribution in [3.05, 3.63) is 24.3 Å². The number of ether oxygens (including phenoxy) is 1. The molecule has 0 saturated carbocycles. The van der Waals surface area contributed by atoms with E-state index in [4.69, 9.17) is 4.74 Å². The van der Waals surface area contributed by atoms with Crippen LogP contribution in [0.2, 0.25) is 0 Å². The Morgan fingerprint density at radius 3 is 2.39 bits per heavy atom. The largest absolute Gasteiger partial charge is 0.383 e. The Bertz CT molecular complexity index is 454. The van der Waals surface area contributed by atoms with Gasteiger partial charge in [-0.25, -0.2) is 8.42 Å². The van der Waals surface area contributed by atoms with Gasteiger partial charge in [0.2, 0.25) is 0 Å². The van der Waals surface area contributed by atoms with Crippen LogP contribution in [0.25, 0.3) is 0 Å². The van der Waals surface area contributed by atoms with E-state index in [-0.39, 0.29) is 11.8 Å². The molecule has 0 aliphatic heterocycles. The lowest BCUT2D eigenvalue weighted by Gasteiger charge is -2.14. The number of sulfone groups is 1. The van der Waals surface area contributed by atoms with Gasteiger partial charge in [0.1, 0.15) is 0 Å². The number of hydrogen-bond donors (Lipinski definition) is 1. The summed E-state index contributed by atoms with van der Waals surface area (Å²) in [6.07, 6.45) is 0.632. The number of methoxy groups -OCH3 is 1. The van der Waals surface area contributed by atoms with Gasteiger partial charge in [-0.15, -0.1) is 0 Å². The predicted molar refractivity (Wildman–Crippen MR) is 73.7 cm³/mol. The molecule has 1 atom stereocenters. The zero-order valence-electron chi connectivity index (χ0n) is 11.1. The van der Waals surface area contributed by atoms with Crippen LogP contribution in [-0.2, 0) is 14.6 Å². The minimum atomic E-state index is -3.12. The van der Waals surface area contributed by atoms with Gasteiger partial charge in [0.15, 0.2) is 9.84 Å². The molecule has 0 aliphatic rings. The first-order valence-electron chi connectivity index (χ1n) is 6.08. The highest BCUT2D eigenvalue weighted by Gasteiger charge is 2.12. The fraction of sp³-hybridized carbons (Fsp3) is 0.538. The lowest BCUT2D eigenvalue weighted by molar-refractivity contribution is 0.190. The maximum absolute atomic E-state index is 11.8. The SMILES string of the molecule is CCCS(=O)(=O)c1ccc(NC(C)COC)cc1. The zero-order valence-corrected chi connectivity index (χ0v) is 12.0. The minimum absolute atomic E-state index is 0.188. The maximum atomic E-state index is 11.8. The van der Waals surface area contributed by atoms with Crippen LogP contribution in [-0.4, -0.2) is 33.9 Å². The van der Waals surface area contributed by atoms with Gasteiger partial charge in [-0.3, -0.25) is 0 Å². The quantitative estimate of drug-likeness (QED) is 0.827. The fourth-order valence-electron chi connectivity index (χ4n) is 1.72. The van der Waals surface area contributed by atoms with Crippen LogP contribution in [0.5, 0.6) is 0 Å². The molecule has 1 aromatic rings. The van der Waals surface area contributed by atoms with Crippen molar-refractivity contribution in [2.24, 2.45) is 0 Å². The van der Waals surface area contributed by atoms with Gasteiger partial charge in [0.25, 0.3) is 0 Å². The first kappa shape index (κ1) is 15.0. The summed E-state index contributed by atoms with van der Waals surface area (Å²) in [4.78, 5) is 0.384. The van der Waals surface area contributed by atoms with Crippen molar-refractivity contribution in [3.63, 3.8) is 0 Å². The summed E-state index contributed by atoms with van der Waals surface area (Å²) in [5.41, 5.74) is 0.898. The second-order valence-electron chi connectivity index (χ2n) is 4.34. The summed E-state index contributed by atoms with van der Waals surface area (Å²) in [5, 5.41) is 3.23. The van der Waals surface area contributed by atoms with E-state index in [1.807, 2.05) is 13.8 Å². The monoisotopic (exact) mass is 271 g/mol. The van der Waals surface area contributed by atoms with E-state index in [2.05, 4.69) is 5.32 Å². The molecule has 0 heterocycles. The smallest absolute Gasteiger partial charge is 0.178 e. The van der Waals surface area contributed by atoms with Crippen LogP contribution in [0.4, 0.5) is 5.69 Å². The van der Waals surface area contributed by atoms with Gasteiger partial charge in [-0.2, -0.15) is 0 Å². The molecule has 4 nitrogen and oxygen atoms in total. The van der Waals surface area contributed by atoms with E-state index in [0.29, 0.717) is 17.9 Å². The van der Waals surface area contributed by atoms with Crippen molar-refractivity contribution in [2.75, 3.05) is 24.8 Å². The highest BCUT2D eigenvalue weighted by atomic mass is 32.2. The molecule has 0 saturated heterocycles. The van der Waals surface area contributed by atoms with E-state index in [9.17, 15) is 8.42 Å². The average molecular weight is 271 g/mol. The van der Waals surface area contributed by atoms with Crippen molar-refractivity contribution in [3.8, 4) is 0 Å². The molecular formula is C13H21NO3S. The lowest BCUT2D eigenvalue weighted by Crippen LogP contribution is -2.20. The zero-order chi connectivity index (χ0) is 13.6. The molecule has 0 aliphatic carbocycles. The van der Waals surface area contributed by atoms with Gasteiger partial charge < -0.3 is 10.1 Å². The lowest BCUT2D eigenvalue weighted by atomic mass is 10.3. The number of benzene rings is 1. The first-order valence-corrected chi connectivity index (χ1v) is 7.73. The Hall–Kier alpha value is -1.07. The Morgan fingerprint density at radius 2 is 1.89 bits per heavy atom. The summed E-state index contributed by atoms with van der Waals surface area (Å²) in [6, 6.07) is 7.05. The summed E-state index contributed by atoms with van der Waals surface area (Å²) in [5.74, 6) is 0.194. The van der Waals surface area contributed by atoms with E-state index in [1.54, 1.807) is 31.4 Å². The van der Waals surface area contributed by atoms with Gasteiger partial charge >= 0.3 is 0 Å². The highest BCUT2D eigenvalue weighted by molar-refractivity contribution is 7.91. The molecule has 0 bridgehead atoms. The second-order valence-corrected chi connectivity index (χ2v) is 6.45. The number of hydrogen-bond acceptors (Lipinski definition) is 4. The Kier molecular flexibility index (Phi) is 5.62. The van der Waals surface area contributed by atoms with Crippen LogP contribution in [0.1, 0.15) is 20.3 Å². The van der Waals surface area contributed by atoms with Gasteiger partial charge in [0, 0.05) is 18.8 Å². The molecule has 0 fully saturated rings. The van der Waals surface area contributed by atoms with Crippen LogP contribution in [0, 0.1) is 0 Å². The predicted octanol–water partition coefficient (Wildman–Crippen LogP) is 2.32. The molecule has 1 rings (SSSR count). The van der Waals surface area contributed by atoms with Crippen molar-refractivity contribution < 1.29 is 13.2 Å². The summed E-state index contributed by atoms with van der Waals surface area (Å²) < 4.78 is 28.7. The molecule has 102 valence electrons. The Balaban J connectivity index is 2.74. The number of anilines is 1. The van der Waals surface area contributed by atoms with Gasteiger partial charge in [-0.05, 0) is 37.6 Å². The summed E-state index contributed by atoms with van der Waals surface area (Å²) >= 11 is 0. The van der Waals surface area contributed by atoms with Gasteiger partial charge in [0.05, 0.1) is 17.3 Å². The topological polar surface area (TPSA) is 55.4 Å². The molecule has 0 spiro atoms. The van der Waals surface area contributed by atoms with Crippen LogP contribution in [0.3, 0.4) is 0 Å². The molecule has 0 radical (unpaired) electrons.